The molecule has 0 unspecified atom stereocenters. The molecule has 0 bridgehead atoms. The van der Waals surface area contributed by atoms with E-state index in [9.17, 15) is 4.79 Å². The number of carboxylic acid groups (broad SMARTS) is 1. The number of carbonyl (C=O) groups is 1. The normalized spacial score (nSPS) is 10.7. The molecule has 0 saturated carbocycles. The number of aromatic amines is 1. The van der Waals surface area contributed by atoms with Gasteiger partial charge in [0.25, 0.3) is 0 Å². The third kappa shape index (κ3) is 2.81. The molecule has 0 spiro atoms. The number of benzene rings is 1. The molecule has 0 atom stereocenters. The first-order valence-electron chi connectivity index (χ1n) is 5.68. The lowest BCUT2D eigenvalue weighted by atomic mass is 10.2. The third-order valence-electron chi connectivity index (χ3n) is 2.58. The molecule has 2 aromatic rings. The van der Waals surface area contributed by atoms with Crippen molar-refractivity contribution in [2.75, 3.05) is 20.3 Å². The number of carboxylic acids is 1. The van der Waals surface area contributed by atoms with Crippen LogP contribution in [-0.4, -0.2) is 36.4 Å². The quantitative estimate of drug-likeness (QED) is 0.770. The monoisotopic (exact) mass is 249 g/mol. The molecule has 0 aliphatic heterocycles. The lowest BCUT2D eigenvalue weighted by Gasteiger charge is -2.05. The summed E-state index contributed by atoms with van der Waals surface area (Å²) in [6, 6.07) is 7.05. The van der Waals surface area contributed by atoms with E-state index in [1.165, 1.54) is 0 Å². The van der Waals surface area contributed by atoms with Crippen molar-refractivity contribution in [2.24, 2.45) is 0 Å². The van der Waals surface area contributed by atoms with Gasteiger partial charge in [0.05, 0.1) is 6.61 Å². The van der Waals surface area contributed by atoms with Crippen LogP contribution in [0.15, 0.2) is 24.3 Å². The fraction of sp³-hybridized carbons (Fsp3) is 0.308. The van der Waals surface area contributed by atoms with E-state index < -0.39 is 5.97 Å². The number of fused-ring (bicyclic) bond motifs is 1. The van der Waals surface area contributed by atoms with Crippen LogP contribution in [0, 0.1) is 0 Å². The summed E-state index contributed by atoms with van der Waals surface area (Å²) < 4.78 is 10.5. The number of nitrogens with one attached hydrogen (secondary N) is 1. The Kier molecular flexibility index (Phi) is 3.84. The van der Waals surface area contributed by atoms with Crippen molar-refractivity contribution < 1.29 is 19.4 Å². The Morgan fingerprint density at radius 1 is 1.33 bits per heavy atom. The summed E-state index contributed by atoms with van der Waals surface area (Å²) in [5.41, 5.74) is 0.971. The zero-order chi connectivity index (χ0) is 13.0. The van der Waals surface area contributed by atoms with Gasteiger partial charge in [0.1, 0.15) is 11.4 Å². The molecular formula is C13H15NO4. The molecule has 2 N–H and O–H groups in total. The van der Waals surface area contributed by atoms with Crippen molar-refractivity contribution in [1.29, 1.82) is 0 Å². The van der Waals surface area contributed by atoms with Gasteiger partial charge in [-0.05, 0) is 24.3 Å². The topological polar surface area (TPSA) is 71.5 Å². The summed E-state index contributed by atoms with van der Waals surface area (Å²) in [6.07, 6.45) is 0.821. The van der Waals surface area contributed by atoms with E-state index in [0.29, 0.717) is 13.2 Å². The summed E-state index contributed by atoms with van der Waals surface area (Å²) in [7, 11) is 1.65. The SMILES string of the molecule is COCCCOc1ccc2[nH]c(C(=O)O)cc2c1. The van der Waals surface area contributed by atoms with E-state index in [-0.39, 0.29) is 5.69 Å². The molecule has 18 heavy (non-hydrogen) atoms. The van der Waals surface area contributed by atoms with Crippen molar-refractivity contribution in [3.8, 4) is 5.75 Å². The lowest BCUT2D eigenvalue weighted by Crippen LogP contribution is -2.00. The van der Waals surface area contributed by atoms with Gasteiger partial charge in [-0.3, -0.25) is 0 Å². The van der Waals surface area contributed by atoms with E-state index in [1.54, 1.807) is 13.2 Å². The number of rotatable bonds is 6. The van der Waals surface area contributed by atoms with E-state index in [2.05, 4.69) is 4.98 Å². The number of ether oxygens (including phenoxy) is 2. The fourth-order valence-corrected chi connectivity index (χ4v) is 1.71. The second-order valence-corrected chi connectivity index (χ2v) is 3.93. The summed E-state index contributed by atoms with van der Waals surface area (Å²) in [5, 5.41) is 9.71. The maximum absolute atomic E-state index is 10.8. The summed E-state index contributed by atoms with van der Waals surface area (Å²) >= 11 is 0. The predicted octanol–water partition coefficient (Wildman–Crippen LogP) is 2.28. The molecular weight excluding hydrogens is 234 g/mol. The Morgan fingerprint density at radius 3 is 2.89 bits per heavy atom. The van der Waals surface area contributed by atoms with Crippen molar-refractivity contribution in [3.05, 3.63) is 30.0 Å². The highest BCUT2D eigenvalue weighted by atomic mass is 16.5. The molecule has 0 amide bonds. The first-order chi connectivity index (χ1) is 8.70. The van der Waals surface area contributed by atoms with Crippen molar-refractivity contribution in [3.63, 3.8) is 0 Å². The smallest absolute Gasteiger partial charge is 0.352 e. The van der Waals surface area contributed by atoms with Crippen LogP contribution >= 0.6 is 0 Å². The van der Waals surface area contributed by atoms with Crippen molar-refractivity contribution in [1.82, 2.24) is 4.98 Å². The number of hydrogen-bond donors (Lipinski definition) is 2. The molecule has 96 valence electrons. The van der Waals surface area contributed by atoms with Gasteiger partial charge in [0.15, 0.2) is 0 Å². The summed E-state index contributed by atoms with van der Waals surface area (Å²) in [5.74, 6) is -0.233. The Morgan fingerprint density at radius 2 is 2.17 bits per heavy atom. The van der Waals surface area contributed by atoms with Crippen LogP contribution in [0.4, 0.5) is 0 Å². The summed E-state index contributed by atoms with van der Waals surface area (Å²) in [4.78, 5) is 13.6. The Bertz CT molecular complexity index is 547. The highest BCUT2D eigenvalue weighted by Crippen LogP contribution is 2.21. The lowest BCUT2D eigenvalue weighted by molar-refractivity contribution is 0.0691. The average Bonchev–Trinajstić information content (AvgIpc) is 2.78. The van der Waals surface area contributed by atoms with Gasteiger partial charge in [-0.2, -0.15) is 0 Å². The van der Waals surface area contributed by atoms with Gasteiger partial charge in [-0.1, -0.05) is 0 Å². The summed E-state index contributed by atoms with van der Waals surface area (Å²) in [6.45, 7) is 1.24. The Hall–Kier alpha value is -2.01. The molecule has 0 aliphatic carbocycles. The molecule has 0 saturated heterocycles. The van der Waals surface area contributed by atoms with E-state index >= 15 is 0 Å². The number of H-pyrrole nitrogens is 1. The van der Waals surface area contributed by atoms with Gasteiger partial charge in [-0.25, -0.2) is 4.79 Å². The number of aromatic carboxylic acids is 1. The predicted molar refractivity (Wildman–Crippen MR) is 67.2 cm³/mol. The largest absolute Gasteiger partial charge is 0.493 e. The molecule has 1 aromatic heterocycles. The molecule has 0 radical (unpaired) electrons. The van der Waals surface area contributed by atoms with Gasteiger partial charge < -0.3 is 19.6 Å². The first-order valence-corrected chi connectivity index (χ1v) is 5.68. The molecule has 1 aromatic carbocycles. The molecule has 2 rings (SSSR count). The van der Waals surface area contributed by atoms with Crippen LogP contribution in [0.2, 0.25) is 0 Å². The molecule has 1 heterocycles. The number of aromatic nitrogens is 1. The third-order valence-corrected chi connectivity index (χ3v) is 2.58. The Labute approximate surface area is 104 Å². The van der Waals surface area contributed by atoms with Crippen LogP contribution in [0.3, 0.4) is 0 Å². The molecule has 5 heteroatoms. The number of hydrogen-bond acceptors (Lipinski definition) is 3. The minimum absolute atomic E-state index is 0.182. The van der Waals surface area contributed by atoms with Crippen molar-refractivity contribution >= 4 is 16.9 Å². The zero-order valence-electron chi connectivity index (χ0n) is 10.1. The number of methoxy groups -OCH3 is 1. The highest BCUT2D eigenvalue weighted by Gasteiger charge is 2.07. The van der Waals surface area contributed by atoms with E-state index in [0.717, 1.165) is 23.1 Å². The zero-order valence-corrected chi connectivity index (χ0v) is 10.1. The fourth-order valence-electron chi connectivity index (χ4n) is 1.71. The van der Waals surface area contributed by atoms with Gasteiger partial charge in [-0.15, -0.1) is 0 Å². The van der Waals surface area contributed by atoms with Crippen LogP contribution < -0.4 is 4.74 Å². The second-order valence-electron chi connectivity index (χ2n) is 3.93. The van der Waals surface area contributed by atoms with Gasteiger partial charge in [0.2, 0.25) is 0 Å². The van der Waals surface area contributed by atoms with Crippen LogP contribution in [0.25, 0.3) is 10.9 Å². The maximum Gasteiger partial charge on any atom is 0.352 e. The standard InChI is InChI=1S/C13H15NO4/c1-17-5-2-6-18-10-3-4-11-9(7-10)8-12(14-11)13(15)16/h3-4,7-8,14H,2,5-6H2,1H3,(H,15,16). The second kappa shape index (κ2) is 5.55. The van der Waals surface area contributed by atoms with Gasteiger partial charge in [0, 0.05) is 31.0 Å². The molecule has 0 fully saturated rings. The maximum atomic E-state index is 10.8. The first kappa shape index (κ1) is 12.4. The minimum Gasteiger partial charge on any atom is -0.493 e. The van der Waals surface area contributed by atoms with Crippen molar-refractivity contribution in [2.45, 2.75) is 6.42 Å². The van der Waals surface area contributed by atoms with Crippen LogP contribution in [0.1, 0.15) is 16.9 Å². The minimum atomic E-state index is -0.964. The van der Waals surface area contributed by atoms with E-state index in [1.807, 2.05) is 18.2 Å². The average molecular weight is 249 g/mol. The van der Waals surface area contributed by atoms with Crippen LogP contribution in [-0.2, 0) is 4.74 Å². The highest BCUT2D eigenvalue weighted by molar-refractivity contribution is 5.94. The van der Waals surface area contributed by atoms with Crippen LogP contribution in [0.5, 0.6) is 5.75 Å². The molecule has 5 nitrogen and oxygen atoms in total. The van der Waals surface area contributed by atoms with Gasteiger partial charge >= 0.3 is 5.97 Å². The molecule has 0 aliphatic rings. The van der Waals surface area contributed by atoms with E-state index in [4.69, 9.17) is 14.6 Å². The Balaban J connectivity index is 2.09.